The van der Waals surface area contributed by atoms with Crippen molar-refractivity contribution in [3.8, 4) is 0 Å². The van der Waals surface area contributed by atoms with Gasteiger partial charge in [-0.2, -0.15) is 0 Å². The molecular formula is C23H33BrO5S. The van der Waals surface area contributed by atoms with Gasteiger partial charge in [-0.05, 0) is 66.9 Å². The van der Waals surface area contributed by atoms with E-state index in [2.05, 4.69) is 33.7 Å². The van der Waals surface area contributed by atoms with E-state index in [0.29, 0.717) is 25.7 Å². The van der Waals surface area contributed by atoms with Gasteiger partial charge in [0.2, 0.25) is 0 Å². The molecule has 0 saturated heterocycles. The monoisotopic (exact) mass is 500 g/mol. The number of halogens is 1. The Morgan fingerprint density at radius 1 is 1.37 bits per heavy atom. The highest BCUT2D eigenvalue weighted by molar-refractivity contribution is 9.10. The lowest BCUT2D eigenvalue weighted by Crippen LogP contribution is -2.20. The Balaban J connectivity index is 1.81. The number of carbonyl (C=O) groups excluding carboxylic acids is 1. The summed E-state index contributed by atoms with van der Waals surface area (Å²) >= 11 is 5.25. The van der Waals surface area contributed by atoms with E-state index in [1.807, 2.05) is 18.2 Å². The standard InChI is InChI=1S/C23H33BrO5S/c1-15-20(24)13-17(30-15)11-9-16(25)10-12-19-18(21(26)14-22(19)27)7-5-3-4-6-8-23(28)29-2/h3,5,10,12-13,16,18-19,21-22,25-27H,4,6-9,11,14H2,1-2H3/t16?,18-,19-,21+,22-/m1/s1. The van der Waals surface area contributed by atoms with Gasteiger partial charge in [0.1, 0.15) is 0 Å². The van der Waals surface area contributed by atoms with Crippen LogP contribution in [0.3, 0.4) is 0 Å². The Hall–Kier alpha value is -0.990. The second kappa shape index (κ2) is 12.8. The van der Waals surface area contributed by atoms with Crippen LogP contribution in [0.4, 0.5) is 0 Å². The van der Waals surface area contributed by atoms with Crippen molar-refractivity contribution in [1.29, 1.82) is 0 Å². The van der Waals surface area contributed by atoms with Gasteiger partial charge in [-0.3, -0.25) is 4.79 Å². The summed E-state index contributed by atoms with van der Waals surface area (Å²) in [6, 6.07) is 2.10. The molecule has 2 rings (SSSR count). The van der Waals surface area contributed by atoms with Gasteiger partial charge in [0.05, 0.1) is 25.4 Å². The highest BCUT2D eigenvalue weighted by Crippen LogP contribution is 2.36. The highest BCUT2D eigenvalue weighted by Gasteiger charge is 2.39. The van der Waals surface area contributed by atoms with Crippen molar-refractivity contribution in [2.24, 2.45) is 11.8 Å². The van der Waals surface area contributed by atoms with Gasteiger partial charge in [-0.25, -0.2) is 0 Å². The zero-order chi connectivity index (χ0) is 22.1. The van der Waals surface area contributed by atoms with Crippen LogP contribution in [0.15, 0.2) is 34.8 Å². The summed E-state index contributed by atoms with van der Waals surface area (Å²) in [7, 11) is 1.39. The fraction of sp³-hybridized carbons (Fsp3) is 0.609. The predicted molar refractivity (Wildman–Crippen MR) is 123 cm³/mol. The Kier molecular flexibility index (Phi) is 10.8. The van der Waals surface area contributed by atoms with Crippen molar-refractivity contribution < 1.29 is 24.9 Å². The summed E-state index contributed by atoms with van der Waals surface area (Å²) in [6.07, 6.45) is 10.3. The van der Waals surface area contributed by atoms with Crippen LogP contribution in [0, 0.1) is 18.8 Å². The van der Waals surface area contributed by atoms with Gasteiger partial charge in [-0.15, -0.1) is 11.3 Å². The number of ether oxygens (including phenoxy) is 1. The quantitative estimate of drug-likeness (QED) is 0.239. The van der Waals surface area contributed by atoms with Crippen molar-refractivity contribution in [1.82, 2.24) is 0 Å². The Morgan fingerprint density at radius 3 is 2.80 bits per heavy atom. The van der Waals surface area contributed by atoms with Crippen LogP contribution in [0.25, 0.3) is 0 Å². The molecule has 30 heavy (non-hydrogen) atoms. The van der Waals surface area contributed by atoms with Gasteiger partial charge in [-0.1, -0.05) is 24.3 Å². The van der Waals surface area contributed by atoms with Crippen LogP contribution in [0.1, 0.15) is 48.3 Å². The summed E-state index contributed by atoms with van der Waals surface area (Å²) in [4.78, 5) is 13.6. The number of thiophene rings is 1. The topological polar surface area (TPSA) is 87.0 Å². The van der Waals surface area contributed by atoms with Crippen molar-refractivity contribution >= 4 is 33.2 Å². The highest BCUT2D eigenvalue weighted by atomic mass is 79.9. The van der Waals surface area contributed by atoms with E-state index in [1.165, 1.54) is 16.9 Å². The third-order valence-electron chi connectivity index (χ3n) is 5.62. The van der Waals surface area contributed by atoms with Crippen LogP contribution >= 0.6 is 27.3 Å². The molecule has 1 aromatic rings. The van der Waals surface area contributed by atoms with Crippen LogP contribution in [-0.2, 0) is 16.0 Å². The largest absolute Gasteiger partial charge is 0.469 e. The molecule has 1 fully saturated rings. The maximum atomic E-state index is 11.1. The Bertz CT molecular complexity index is 710. The summed E-state index contributed by atoms with van der Waals surface area (Å²) < 4.78 is 5.73. The maximum Gasteiger partial charge on any atom is 0.305 e. The van der Waals surface area contributed by atoms with Gasteiger partial charge >= 0.3 is 5.97 Å². The number of aliphatic hydroxyl groups is 3. The molecule has 0 bridgehead atoms. The minimum atomic E-state index is -0.600. The molecule has 7 heteroatoms. The average molecular weight is 501 g/mol. The van der Waals surface area contributed by atoms with Crippen LogP contribution in [0.2, 0.25) is 0 Å². The molecule has 168 valence electrons. The van der Waals surface area contributed by atoms with Crippen LogP contribution in [0.5, 0.6) is 0 Å². The second-order valence-electron chi connectivity index (χ2n) is 7.89. The number of hydrogen-bond acceptors (Lipinski definition) is 6. The number of esters is 1. The van der Waals surface area contributed by atoms with E-state index in [9.17, 15) is 20.1 Å². The zero-order valence-electron chi connectivity index (χ0n) is 17.7. The number of allylic oxidation sites excluding steroid dienone is 2. The van der Waals surface area contributed by atoms with Gasteiger partial charge in [0.25, 0.3) is 0 Å². The molecule has 5 nitrogen and oxygen atoms in total. The Labute approximate surface area is 191 Å². The molecule has 0 aliphatic heterocycles. The summed E-state index contributed by atoms with van der Waals surface area (Å²) in [5.41, 5.74) is 0. The van der Waals surface area contributed by atoms with Crippen LogP contribution in [-0.4, -0.2) is 46.7 Å². The van der Waals surface area contributed by atoms with Crippen molar-refractivity contribution in [3.63, 3.8) is 0 Å². The SMILES string of the molecule is COC(=O)CCCC=CC[C@@H]1[C@@H](C=CC(O)CCc2cc(Br)c(C)s2)[C@H](O)C[C@@H]1O. The molecule has 1 aromatic heterocycles. The summed E-state index contributed by atoms with van der Waals surface area (Å²) in [5, 5.41) is 31.0. The first-order chi connectivity index (χ1) is 14.3. The molecule has 3 N–H and O–H groups in total. The number of methoxy groups -OCH3 is 1. The van der Waals surface area contributed by atoms with E-state index < -0.39 is 18.3 Å². The fourth-order valence-corrected chi connectivity index (χ4v) is 5.44. The maximum absolute atomic E-state index is 11.1. The van der Waals surface area contributed by atoms with E-state index in [4.69, 9.17) is 0 Å². The molecule has 1 saturated carbocycles. The lowest BCUT2D eigenvalue weighted by atomic mass is 9.89. The van der Waals surface area contributed by atoms with Crippen LogP contribution < -0.4 is 0 Å². The van der Waals surface area contributed by atoms with E-state index in [0.717, 1.165) is 23.7 Å². The summed E-state index contributed by atoms with van der Waals surface area (Å²) in [5.74, 6) is -0.452. The van der Waals surface area contributed by atoms with Gasteiger partial charge in [0, 0.05) is 33.0 Å². The van der Waals surface area contributed by atoms with Gasteiger partial charge < -0.3 is 20.1 Å². The summed E-state index contributed by atoms with van der Waals surface area (Å²) in [6.45, 7) is 2.06. The lowest BCUT2D eigenvalue weighted by molar-refractivity contribution is -0.140. The molecule has 1 aliphatic rings. The molecule has 5 atom stereocenters. The molecule has 0 amide bonds. The molecule has 1 aliphatic carbocycles. The van der Waals surface area contributed by atoms with E-state index in [-0.39, 0.29) is 17.8 Å². The van der Waals surface area contributed by atoms with E-state index in [1.54, 1.807) is 17.4 Å². The lowest BCUT2D eigenvalue weighted by Gasteiger charge is -2.19. The molecule has 0 aromatic carbocycles. The third kappa shape index (κ3) is 7.93. The minimum Gasteiger partial charge on any atom is -0.469 e. The third-order valence-corrected chi connectivity index (χ3v) is 7.82. The smallest absolute Gasteiger partial charge is 0.305 e. The fourth-order valence-electron chi connectivity index (χ4n) is 3.83. The number of carbonyl (C=O) groups is 1. The number of aliphatic hydroxyl groups excluding tert-OH is 3. The zero-order valence-corrected chi connectivity index (χ0v) is 20.1. The second-order valence-corrected chi connectivity index (χ2v) is 10.1. The first kappa shape index (κ1) is 25.3. The number of aryl methyl sites for hydroxylation is 2. The first-order valence-electron chi connectivity index (χ1n) is 10.5. The normalized spacial score (nSPS) is 25.4. The number of rotatable bonds is 11. The predicted octanol–water partition coefficient (Wildman–Crippen LogP) is 4.32. The van der Waals surface area contributed by atoms with Crippen molar-refractivity contribution in [2.45, 2.75) is 70.2 Å². The average Bonchev–Trinajstić information content (AvgIpc) is 3.17. The van der Waals surface area contributed by atoms with E-state index >= 15 is 0 Å². The molecule has 0 radical (unpaired) electrons. The Morgan fingerprint density at radius 2 is 2.13 bits per heavy atom. The molecule has 1 unspecified atom stereocenters. The van der Waals surface area contributed by atoms with Gasteiger partial charge in [0.15, 0.2) is 0 Å². The number of unbranched alkanes of at least 4 members (excludes halogenated alkanes) is 1. The molecule has 0 spiro atoms. The minimum absolute atomic E-state index is 0.0730. The molecule has 1 heterocycles. The van der Waals surface area contributed by atoms with Crippen molar-refractivity contribution in [3.05, 3.63) is 44.6 Å². The number of hydrogen-bond donors (Lipinski definition) is 3. The first-order valence-corrected chi connectivity index (χ1v) is 12.1. The molecular weight excluding hydrogens is 468 g/mol. The van der Waals surface area contributed by atoms with Crippen molar-refractivity contribution in [2.75, 3.05) is 7.11 Å².